The molecule has 0 unspecified atom stereocenters. The van der Waals surface area contributed by atoms with Crippen LogP contribution in [0, 0.1) is 6.92 Å². The van der Waals surface area contributed by atoms with Gasteiger partial charge in [-0.2, -0.15) is 9.29 Å². The van der Waals surface area contributed by atoms with E-state index in [9.17, 15) is 18.0 Å². The molecule has 1 fully saturated rings. The molecule has 0 spiro atoms. The third-order valence-electron chi connectivity index (χ3n) is 5.34. The van der Waals surface area contributed by atoms with Crippen LogP contribution in [-0.2, 0) is 19.6 Å². The second-order valence-electron chi connectivity index (χ2n) is 7.76. The predicted octanol–water partition coefficient (Wildman–Crippen LogP) is 1.79. The minimum Gasteiger partial charge on any atom is -0.447 e. The molecule has 1 atom stereocenters. The van der Waals surface area contributed by atoms with Crippen molar-refractivity contribution in [2.75, 3.05) is 18.4 Å². The summed E-state index contributed by atoms with van der Waals surface area (Å²) in [5.74, 6) is -1.39. The van der Waals surface area contributed by atoms with Crippen molar-refractivity contribution in [2.24, 2.45) is 0 Å². The molecule has 3 heterocycles. The van der Waals surface area contributed by atoms with Gasteiger partial charge in [0.1, 0.15) is 0 Å². The molecule has 1 aliphatic heterocycles. The maximum Gasteiger partial charge on any atom is 0.379 e. The summed E-state index contributed by atoms with van der Waals surface area (Å²) in [7, 11) is -3.55. The van der Waals surface area contributed by atoms with Crippen molar-refractivity contribution >= 4 is 33.4 Å². The third-order valence-corrected chi connectivity index (χ3v) is 7.25. The number of aromatic nitrogens is 4. The van der Waals surface area contributed by atoms with Gasteiger partial charge in [-0.05, 0) is 57.0 Å². The van der Waals surface area contributed by atoms with E-state index in [1.807, 2.05) is 0 Å². The van der Waals surface area contributed by atoms with Gasteiger partial charge in [0.2, 0.25) is 10.0 Å². The number of amides is 1. The van der Waals surface area contributed by atoms with Crippen LogP contribution in [0.2, 0.25) is 0 Å². The number of anilines is 1. The van der Waals surface area contributed by atoms with Crippen LogP contribution < -0.4 is 5.32 Å². The summed E-state index contributed by atoms with van der Waals surface area (Å²) in [6.45, 7) is 4.24. The topological polar surface area (TPSA) is 136 Å². The molecule has 174 valence electrons. The summed E-state index contributed by atoms with van der Waals surface area (Å²) in [4.78, 5) is 33.0. The molecule has 0 saturated carbocycles. The molecule has 3 aromatic rings. The lowest BCUT2D eigenvalue weighted by Gasteiger charge is -2.25. The first-order chi connectivity index (χ1) is 15.8. The number of ether oxygens (including phenoxy) is 1. The van der Waals surface area contributed by atoms with Gasteiger partial charge in [-0.3, -0.25) is 4.79 Å². The Morgan fingerprint density at radius 2 is 1.79 bits per heavy atom. The number of hydrogen-bond donors (Lipinski definition) is 1. The number of carbonyl (C=O) groups excluding carboxylic acids is 2. The van der Waals surface area contributed by atoms with Crippen molar-refractivity contribution in [1.29, 1.82) is 0 Å². The highest BCUT2D eigenvalue weighted by Crippen LogP contribution is 2.22. The minimum absolute atomic E-state index is 0.170. The Morgan fingerprint density at radius 1 is 1.09 bits per heavy atom. The van der Waals surface area contributed by atoms with Gasteiger partial charge in [0.25, 0.3) is 17.5 Å². The summed E-state index contributed by atoms with van der Waals surface area (Å²) in [5.41, 5.74) is 1.12. The van der Waals surface area contributed by atoms with E-state index in [4.69, 9.17) is 4.74 Å². The van der Waals surface area contributed by atoms with Crippen molar-refractivity contribution < 1.29 is 22.7 Å². The van der Waals surface area contributed by atoms with E-state index in [0.29, 0.717) is 18.8 Å². The molecule has 1 aliphatic rings. The zero-order valence-electron chi connectivity index (χ0n) is 18.3. The van der Waals surface area contributed by atoms with E-state index in [2.05, 4.69) is 20.4 Å². The number of esters is 1. The van der Waals surface area contributed by atoms with Gasteiger partial charge in [-0.25, -0.2) is 22.7 Å². The highest BCUT2D eigenvalue weighted by molar-refractivity contribution is 7.89. The lowest BCUT2D eigenvalue weighted by Crippen LogP contribution is -2.35. The number of hydrogen-bond acceptors (Lipinski definition) is 8. The van der Waals surface area contributed by atoms with Crippen LogP contribution in [0.4, 0.5) is 5.69 Å². The van der Waals surface area contributed by atoms with E-state index in [1.165, 1.54) is 40.0 Å². The molecule has 0 aliphatic carbocycles. The largest absolute Gasteiger partial charge is 0.447 e. The molecule has 1 amide bonds. The fourth-order valence-corrected chi connectivity index (χ4v) is 4.99. The van der Waals surface area contributed by atoms with Crippen LogP contribution in [0.15, 0.2) is 41.4 Å². The Balaban J connectivity index is 1.38. The normalized spacial score (nSPS) is 15.8. The standard InChI is InChI=1S/C21H24N6O5S/c1-14-10-11-22-21-24-18(25-27(14)21)20(29)32-15(2)19(28)23-16-6-8-17(9-7-16)33(30,31)26-12-4-3-5-13-26/h6-11,15H,3-5,12-13H2,1-2H3,(H,23,28)/t15-/m1/s1. The van der Waals surface area contributed by atoms with Crippen LogP contribution in [0.1, 0.15) is 42.5 Å². The molecule has 0 radical (unpaired) electrons. The van der Waals surface area contributed by atoms with Gasteiger partial charge in [-0.15, -0.1) is 5.10 Å². The fourth-order valence-electron chi connectivity index (χ4n) is 3.47. The molecule has 2 aromatic heterocycles. The minimum atomic E-state index is -3.55. The molecule has 4 rings (SSSR count). The smallest absolute Gasteiger partial charge is 0.379 e. The molecule has 1 aromatic carbocycles. The van der Waals surface area contributed by atoms with E-state index in [0.717, 1.165) is 25.0 Å². The lowest BCUT2D eigenvalue weighted by molar-refractivity contribution is -0.123. The summed E-state index contributed by atoms with van der Waals surface area (Å²) in [5, 5.41) is 6.67. The molecule has 0 bridgehead atoms. The molecule has 11 nitrogen and oxygen atoms in total. The van der Waals surface area contributed by atoms with Crippen molar-refractivity contribution in [1.82, 2.24) is 23.9 Å². The van der Waals surface area contributed by atoms with Crippen molar-refractivity contribution in [3.8, 4) is 0 Å². The van der Waals surface area contributed by atoms with Gasteiger partial charge in [0, 0.05) is 30.7 Å². The Kier molecular flexibility index (Phi) is 6.38. The van der Waals surface area contributed by atoms with Gasteiger partial charge in [0.05, 0.1) is 4.90 Å². The second-order valence-corrected chi connectivity index (χ2v) is 9.70. The average molecular weight is 473 g/mol. The Bertz CT molecular complexity index is 1280. The summed E-state index contributed by atoms with van der Waals surface area (Å²) in [6, 6.07) is 7.62. The first-order valence-electron chi connectivity index (χ1n) is 10.6. The number of carbonyl (C=O) groups is 2. The first kappa shape index (κ1) is 22.8. The number of sulfonamides is 1. The maximum absolute atomic E-state index is 12.7. The van der Waals surface area contributed by atoms with E-state index in [1.54, 1.807) is 19.2 Å². The Morgan fingerprint density at radius 3 is 2.45 bits per heavy atom. The number of piperidine rings is 1. The number of benzene rings is 1. The highest BCUT2D eigenvalue weighted by Gasteiger charge is 2.26. The molecule has 12 heteroatoms. The van der Waals surface area contributed by atoms with Gasteiger partial charge in [-0.1, -0.05) is 6.42 Å². The van der Waals surface area contributed by atoms with Crippen LogP contribution in [0.25, 0.3) is 5.78 Å². The van der Waals surface area contributed by atoms with Crippen molar-refractivity contribution in [3.05, 3.63) is 48.0 Å². The SMILES string of the molecule is Cc1ccnc2nc(C(=O)O[C@H](C)C(=O)Nc3ccc(S(=O)(=O)N4CCCCC4)cc3)nn12. The first-order valence-corrected chi connectivity index (χ1v) is 12.0. The van der Waals surface area contributed by atoms with Gasteiger partial charge < -0.3 is 10.1 Å². The van der Waals surface area contributed by atoms with E-state index < -0.39 is 28.0 Å². The zero-order valence-corrected chi connectivity index (χ0v) is 19.1. The number of aryl methyl sites for hydroxylation is 1. The van der Waals surface area contributed by atoms with E-state index >= 15 is 0 Å². The number of rotatable bonds is 6. The highest BCUT2D eigenvalue weighted by atomic mass is 32.2. The quantitative estimate of drug-likeness (QED) is 0.536. The van der Waals surface area contributed by atoms with Crippen molar-refractivity contribution in [3.63, 3.8) is 0 Å². The third kappa shape index (κ3) is 4.86. The molecule has 1 saturated heterocycles. The van der Waals surface area contributed by atoms with Crippen LogP contribution in [-0.4, -0.2) is 63.4 Å². The monoisotopic (exact) mass is 472 g/mol. The Hall–Kier alpha value is -3.38. The average Bonchev–Trinajstić information content (AvgIpc) is 3.26. The molecular formula is C21H24N6O5S. The van der Waals surface area contributed by atoms with Crippen LogP contribution in [0.3, 0.4) is 0 Å². The van der Waals surface area contributed by atoms with E-state index in [-0.39, 0.29) is 16.5 Å². The number of fused-ring (bicyclic) bond motifs is 1. The second kappa shape index (κ2) is 9.24. The lowest BCUT2D eigenvalue weighted by atomic mass is 10.2. The zero-order chi connectivity index (χ0) is 23.6. The van der Waals surface area contributed by atoms with Gasteiger partial charge in [0.15, 0.2) is 6.10 Å². The summed E-state index contributed by atoms with van der Waals surface area (Å²) >= 11 is 0. The van der Waals surface area contributed by atoms with Gasteiger partial charge >= 0.3 is 5.97 Å². The van der Waals surface area contributed by atoms with Crippen molar-refractivity contribution in [2.45, 2.75) is 44.1 Å². The summed E-state index contributed by atoms with van der Waals surface area (Å²) in [6.07, 6.45) is 3.15. The number of nitrogens with one attached hydrogen (secondary N) is 1. The van der Waals surface area contributed by atoms with Crippen LogP contribution in [0.5, 0.6) is 0 Å². The predicted molar refractivity (Wildman–Crippen MR) is 118 cm³/mol. The number of nitrogens with zero attached hydrogens (tertiary/aromatic N) is 5. The molecule has 1 N–H and O–H groups in total. The molecule has 33 heavy (non-hydrogen) atoms. The Labute approximate surface area is 190 Å². The fraction of sp³-hybridized carbons (Fsp3) is 0.381. The molecular weight excluding hydrogens is 448 g/mol. The van der Waals surface area contributed by atoms with Crippen LogP contribution >= 0.6 is 0 Å². The summed E-state index contributed by atoms with van der Waals surface area (Å²) < 4.78 is 33.5. The maximum atomic E-state index is 12.7.